The van der Waals surface area contributed by atoms with Crippen LogP contribution in [0.3, 0.4) is 0 Å². The average Bonchev–Trinajstić information content (AvgIpc) is 3.23. The van der Waals surface area contributed by atoms with Crippen molar-refractivity contribution < 1.29 is 0 Å². The fraction of sp³-hybridized carbons (Fsp3) is 0. The number of hydrogen-bond donors (Lipinski definition) is 0. The van der Waals surface area contributed by atoms with E-state index in [4.69, 9.17) is 9.97 Å². The Hall–Kier alpha value is -6.90. The highest BCUT2D eigenvalue weighted by atomic mass is 14.9. The van der Waals surface area contributed by atoms with Crippen LogP contribution in [0.5, 0.6) is 0 Å². The first-order valence-corrected chi connectivity index (χ1v) is 17.7. The van der Waals surface area contributed by atoms with Crippen LogP contribution in [0.15, 0.2) is 194 Å². The number of rotatable bonds is 5. The lowest BCUT2D eigenvalue weighted by atomic mass is 9.90. The average molecular weight is 661 g/mol. The Morgan fingerprint density at radius 3 is 1.56 bits per heavy atom. The molecule has 0 N–H and O–H groups in total. The van der Waals surface area contributed by atoms with Crippen molar-refractivity contribution in [1.29, 1.82) is 0 Å². The monoisotopic (exact) mass is 660 g/mol. The van der Waals surface area contributed by atoms with Crippen molar-refractivity contribution in [1.82, 2.24) is 9.97 Å². The van der Waals surface area contributed by atoms with Gasteiger partial charge in [0.05, 0.1) is 11.4 Å². The van der Waals surface area contributed by atoms with Crippen molar-refractivity contribution in [2.45, 2.75) is 0 Å². The molecule has 2 nitrogen and oxygen atoms in total. The van der Waals surface area contributed by atoms with Crippen molar-refractivity contribution in [3.63, 3.8) is 0 Å². The molecule has 1 aromatic heterocycles. The van der Waals surface area contributed by atoms with Crippen molar-refractivity contribution in [2.24, 2.45) is 0 Å². The number of nitrogens with zero attached hydrogens (tertiary/aromatic N) is 2. The Morgan fingerprint density at radius 1 is 0.250 bits per heavy atom. The van der Waals surface area contributed by atoms with E-state index in [2.05, 4.69) is 170 Å². The highest BCUT2D eigenvalue weighted by Crippen LogP contribution is 2.39. The standard InChI is InChI=1S/C50H32N2/c1-3-12-33(13-4-1)36-17-11-18-40(29-36)48-32-49(52-50(51-48)35-15-5-2-6-16-35)41-25-23-37-28-39(24-22-38(37)30-41)46-31-47-42-19-8-7-14-34(42)26-27-45(47)43-20-9-10-21-44(43)46/h1-32H. The summed E-state index contributed by atoms with van der Waals surface area (Å²) in [7, 11) is 0. The summed E-state index contributed by atoms with van der Waals surface area (Å²) in [6.45, 7) is 0. The van der Waals surface area contributed by atoms with Gasteiger partial charge in [-0.15, -0.1) is 0 Å². The summed E-state index contributed by atoms with van der Waals surface area (Å²) in [5.41, 5.74) is 9.70. The van der Waals surface area contributed by atoms with Gasteiger partial charge in [-0.1, -0.05) is 164 Å². The van der Waals surface area contributed by atoms with E-state index in [1.807, 2.05) is 24.3 Å². The van der Waals surface area contributed by atoms with Gasteiger partial charge in [0, 0.05) is 16.7 Å². The van der Waals surface area contributed by atoms with Crippen LogP contribution in [0.4, 0.5) is 0 Å². The molecule has 10 aromatic rings. The summed E-state index contributed by atoms with van der Waals surface area (Å²) in [5.74, 6) is 0.712. The molecule has 0 amide bonds. The van der Waals surface area contributed by atoms with E-state index < -0.39 is 0 Å². The van der Waals surface area contributed by atoms with Crippen LogP contribution in [0.1, 0.15) is 0 Å². The molecular formula is C50H32N2. The smallest absolute Gasteiger partial charge is 0.160 e. The molecule has 0 radical (unpaired) electrons. The Balaban J connectivity index is 1.09. The lowest BCUT2D eigenvalue weighted by Crippen LogP contribution is -1.96. The predicted molar refractivity (Wildman–Crippen MR) is 219 cm³/mol. The van der Waals surface area contributed by atoms with Crippen molar-refractivity contribution in [3.05, 3.63) is 194 Å². The third-order valence-corrected chi connectivity index (χ3v) is 10.2. The lowest BCUT2D eigenvalue weighted by molar-refractivity contribution is 1.18. The van der Waals surface area contributed by atoms with Crippen LogP contribution in [-0.4, -0.2) is 9.97 Å². The van der Waals surface area contributed by atoms with Crippen LogP contribution < -0.4 is 0 Å². The third kappa shape index (κ3) is 5.30. The lowest BCUT2D eigenvalue weighted by Gasteiger charge is -2.14. The maximum absolute atomic E-state index is 5.13. The molecule has 1 heterocycles. The van der Waals surface area contributed by atoms with E-state index in [1.54, 1.807) is 0 Å². The molecule has 0 aliphatic carbocycles. The molecule has 0 aliphatic rings. The number of hydrogen-bond acceptors (Lipinski definition) is 2. The quantitative estimate of drug-likeness (QED) is 0.172. The van der Waals surface area contributed by atoms with Gasteiger partial charge in [-0.2, -0.15) is 0 Å². The molecule has 52 heavy (non-hydrogen) atoms. The van der Waals surface area contributed by atoms with Crippen LogP contribution in [0, 0.1) is 0 Å². The second-order valence-corrected chi connectivity index (χ2v) is 13.4. The van der Waals surface area contributed by atoms with E-state index in [0.717, 1.165) is 33.6 Å². The van der Waals surface area contributed by atoms with E-state index in [0.29, 0.717) is 5.82 Å². The predicted octanol–water partition coefficient (Wildman–Crippen LogP) is 13.4. The number of fused-ring (bicyclic) bond motifs is 6. The third-order valence-electron chi connectivity index (χ3n) is 10.2. The normalized spacial score (nSPS) is 11.5. The van der Waals surface area contributed by atoms with Gasteiger partial charge in [0.15, 0.2) is 5.82 Å². The van der Waals surface area contributed by atoms with Crippen molar-refractivity contribution in [3.8, 4) is 56.2 Å². The van der Waals surface area contributed by atoms with Gasteiger partial charge >= 0.3 is 0 Å². The Morgan fingerprint density at radius 2 is 0.788 bits per heavy atom. The Labute approximate surface area is 302 Å². The minimum atomic E-state index is 0.712. The maximum Gasteiger partial charge on any atom is 0.160 e. The molecule has 0 atom stereocenters. The van der Waals surface area contributed by atoms with E-state index in [9.17, 15) is 0 Å². The van der Waals surface area contributed by atoms with Gasteiger partial charge in [0.25, 0.3) is 0 Å². The SMILES string of the molecule is c1ccc(-c2cccc(-c3cc(-c4ccc5cc(-c6cc7c8ccccc8ccc7c7ccccc67)ccc5c4)nc(-c4ccccc4)n3)c2)cc1. The summed E-state index contributed by atoms with van der Waals surface area (Å²) < 4.78 is 0. The van der Waals surface area contributed by atoms with Crippen LogP contribution in [-0.2, 0) is 0 Å². The van der Waals surface area contributed by atoms with Crippen molar-refractivity contribution >= 4 is 43.1 Å². The van der Waals surface area contributed by atoms with Gasteiger partial charge in [-0.25, -0.2) is 9.97 Å². The maximum atomic E-state index is 5.13. The first kappa shape index (κ1) is 30.0. The fourth-order valence-corrected chi connectivity index (χ4v) is 7.62. The summed E-state index contributed by atoms with van der Waals surface area (Å²) >= 11 is 0. The van der Waals surface area contributed by atoms with E-state index in [-0.39, 0.29) is 0 Å². The molecule has 2 heteroatoms. The molecule has 0 aliphatic heterocycles. The van der Waals surface area contributed by atoms with Crippen LogP contribution >= 0.6 is 0 Å². The zero-order chi connectivity index (χ0) is 34.4. The van der Waals surface area contributed by atoms with Gasteiger partial charge in [0.1, 0.15) is 0 Å². The Bertz CT molecular complexity index is 2950. The number of benzene rings is 9. The highest BCUT2D eigenvalue weighted by Gasteiger charge is 2.14. The van der Waals surface area contributed by atoms with E-state index in [1.165, 1.54) is 59.8 Å². The van der Waals surface area contributed by atoms with Crippen molar-refractivity contribution in [2.75, 3.05) is 0 Å². The topological polar surface area (TPSA) is 25.8 Å². The van der Waals surface area contributed by atoms with Crippen LogP contribution in [0.2, 0.25) is 0 Å². The molecule has 242 valence electrons. The largest absolute Gasteiger partial charge is 0.228 e. The van der Waals surface area contributed by atoms with E-state index >= 15 is 0 Å². The van der Waals surface area contributed by atoms with Crippen LogP contribution in [0.25, 0.3) is 99.2 Å². The van der Waals surface area contributed by atoms with Gasteiger partial charge < -0.3 is 0 Å². The minimum Gasteiger partial charge on any atom is -0.228 e. The molecule has 0 saturated heterocycles. The Kier molecular flexibility index (Phi) is 7.18. The summed E-state index contributed by atoms with van der Waals surface area (Å²) in [4.78, 5) is 10.2. The summed E-state index contributed by atoms with van der Waals surface area (Å²) in [6.07, 6.45) is 0. The van der Waals surface area contributed by atoms with Gasteiger partial charge in [-0.05, 0) is 95.7 Å². The first-order chi connectivity index (χ1) is 25.7. The zero-order valence-corrected chi connectivity index (χ0v) is 28.4. The summed E-state index contributed by atoms with van der Waals surface area (Å²) in [5, 5.41) is 10.0. The fourth-order valence-electron chi connectivity index (χ4n) is 7.62. The number of aromatic nitrogens is 2. The minimum absolute atomic E-state index is 0.712. The molecule has 0 fully saturated rings. The molecule has 0 bridgehead atoms. The second-order valence-electron chi connectivity index (χ2n) is 13.4. The molecule has 9 aromatic carbocycles. The van der Waals surface area contributed by atoms with Gasteiger partial charge in [-0.3, -0.25) is 0 Å². The molecule has 10 rings (SSSR count). The molecule has 0 unspecified atom stereocenters. The first-order valence-electron chi connectivity index (χ1n) is 17.7. The molecule has 0 saturated carbocycles. The second kappa shape index (κ2) is 12.5. The molecule has 0 spiro atoms. The van der Waals surface area contributed by atoms with Gasteiger partial charge in [0.2, 0.25) is 0 Å². The summed E-state index contributed by atoms with van der Waals surface area (Å²) in [6, 6.07) is 69.4. The highest BCUT2D eigenvalue weighted by molar-refractivity contribution is 6.21. The molecular weight excluding hydrogens is 629 g/mol. The zero-order valence-electron chi connectivity index (χ0n) is 28.4.